The lowest BCUT2D eigenvalue weighted by atomic mass is 10.2. The highest BCUT2D eigenvalue weighted by atomic mass is 35.5. The molecule has 6 nitrogen and oxygen atoms in total. The van der Waals surface area contributed by atoms with Gasteiger partial charge in [0.25, 0.3) is 0 Å². The molecule has 0 saturated heterocycles. The highest BCUT2D eigenvalue weighted by molar-refractivity contribution is 6.31. The molecule has 0 atom stereocenters. The zero-order chi connectivity index (χ0) is 15.4. The summed E-state index contributed by atoms with van der Waals surface area (Å²) in [5, 5.41) is 3.30. The molecule has 0 fully saturated rings. The van der Waals surface area contributed by atoms with Crippen molar-refractivity contribution in [2.45, 2.75) is 6.54 Å². The predicted octanol–water partition coefficient (Wildman–Crippen LogP) is 2.73. The van der Waals surface area contributed by atoms with Crippen LogP contribution in [0.2, 0.25) is 5.02 Å². The molecule has 3 rings (SSSR count). The average molecular weight is 317 g/mol. The van der Waals surface area contributed by atoms with E-state index < -0.39 is 5.95 Å². The molecule has 0 aromatic carbocycles. The van der Waals surface area contributed by atoms with E-state index in [4.69, 9.17) is 11.6 Å². The molecule has 8 heteroatoms. The topological polar surface area (TPSA) is 76.5 Å². The number of rotatable bonds is 4. The molecular formula is C14H10ClFN6. The van der Waals surface area contributed by atoms with Crippen LogP contribution in [0.15, 0.2) is 43.1 Å². The molecule has 0 radical (unpaired) electrons. The van der Waals surface area contributed by atoms with Gasteiger partial charge in [-0.1, -0.05) is 11.6 Å². The molecule has 0 bridgehead atoms. The Morgan fingerprint density at radius 3 is 2.68 bits per heavy atom. The van der Waals surface area contributed by atoms with E-state index in [2.05, 4.69) is 30.2 Å². The van der Waals surface area contributed by atoms with E-state index >= 15 is 0 Å². The summed E-state index contributed by atoms with van der Waals surface area (Å²) >= 11 is 5.95. The van der Waals surface area contributed by atoms with Gasteiger partial charge in [0.05, 0.1) is 5.02 Å². The Balaban J connectivity index is 1.79. The van der Waals surface area contributed by atoms with Gasteiger partial charge in [-0.2, -0.15) is 4.39 Å². The first-order valence-electron chi connectivity index (χ1n) is 6.36. The van der Waals surface area contributed by atoms with Crippen LogP contribution < -0.4 is 5.32 Å². The summed E-state index contributed by atoms with van der Waals surface area (Å²) in [6.07, 6.45) is 5.94. The molecule has 0 saturated carbocycles. The Bertz CT molecular complexity index is 763. The molecular weight excluding hydrogens is 307 g/mol. The largest absolute Gasteiger partial charge is 0.366 e. The lowest BCUT2D eigenvalue weighted by molar-refractivity contribution is 0.569. The maximum absolute atomic E-state index is 13.6. The number of hydrogen-bond acceptors (Lipinski definition) is 6. The maximum Gasteiger partial charge on any atom is 0.219 e. The molecule has 3 aromatic rings. The van der Waals surface area contributed by atoms with Crippen LogP contribution >= 0.6 is 11.6 Å². The number of nitrogens with zero attached hydrogens (tertiary/aromatic N) is 5. The molecule has 0 aliphatic heterocycles. The van der Waals surface area contributed by atoms with E-state index in [0.717, 1.165) is 0 Å². The summed E-state index contributed by atoms with van der Waals surface area (Å²) in [5.41, 5.74) is 0.885. The molecule has 0 amide bonds. The smallest absolute Gasteiger partial charge is 0.219 e. The molecule has 22 heavy (non-hydrogen) atoms. The minimum atomic E-state index is -0.606. The number of pyridine rings is 1. The first-order chi connectivity index (χ1) is 10.7. The molecule has 3 aromatic heterocycles. The van der Waals surface area contributed by atoms with E-state index in [0.29, 0.717) is 22.4 Å². The second kappa shape index (κ2) is 6.40. The number of halogens is 2. The normalized spacial score (nSPS) is 10.5. The van der Waals surface area contributed by atoms with Crippen LogP contribution in [0.4, 0.5) is 10.2 Å². The van der Waals surface area contributed by atoms with Crippen LogP contribution in [0, 0.1) is 5.95 Å². The molecule has 110 valence electrons. The van der Waals surface area contributed by atoms with Gasteiger partial charge in [0.1, 0.15) is 17.8 Å². The third kappa shape index (κ3) is 3.15. The Morgan fingerprint density at radius 1 is 1.05 bits per heavy atom. The van der Waals surface area contributed by atoms with Crippen molar-refractivity contribution < 1.29 is 4.39 Å². The van der Waals surface area contributed by atoms with Crippen LogP contribution in [0.1, 0.15) is 5.56 Å². The Kier molecular flexibility index (Phi) is 4.15. The fraction of sp³-hybridized carbons (Fsp3) is 0.0714. The van der Waals surface area contributed by atoms with Crippen molar-refractivity contribution in [1.29, 1.82) is 0 Å². The zero-order valence-electron chi connectivity index (χ0n) is 11.2. The summed E-state index contributed by atoms with van der Waals surface area (Å²) in [7, 11) is 0. The zero-order valence-corrected chi connectivity index (χ0v) is 12.0. The second-order valence-electron chi connectivity index (χ2n) is 4.28. The summed E-state index contributed by atoms with van der Waals surface area (Å²) < 4.78 is 13.6. The monoisotopic (exact) mass is 316 g/mol. The Hall–Kier alpha value is -2.67. The highest BCUT2D eigenvalue weighted by Crippen LogP contribution is 2.19. The molecule has 3 heterocycles. The van der Waals surface area contributed by atoms with Gasteiger partial charge < -0.3 is 5.32 Å². The lowest BCUT2D eigenvalue weighted by Gasteiger charge is -2.08. The number of anilines is 1. The van der Waals surface area contributed by atoms with Gasteiger partial charge in [-0.25, -0.2) is 24.9 Å². The van der Waals surface area contributed by atoms with E-state index in [1.165, 1.54) is 18.6 Å². The minimum Gasteiger partial charge on any atom is -0.366 e. The Labute approximate surface area is 130 Å². The van der Waals surface area contributed by atoms with E-state index in [-0.39, 0.29) is 12.1 Å². The van der Waals surface area contributed by atoms with E-state index in [9.17, 15) is 4.39 Å². The SMILES string of the molecule is Fc1nccc(Cl)c1CNc1ccnc(-c2ccncn2)n1. The fourth-order valence-electron chi connectivity index (χ4n) is 1.79. The van der Waals surface area contributed by atoms with Crippen molar-refractivity contribution in [3.63, 3.8) is 0 Å². The average Bonchev–Trinajstić information content (AvgIpc) is 2.55. The molecule has 0 aliphatic rings. The third-order valence-corrected chi connectivity index (χ3v) is 3.21. The number of aromatic nitrogens is 5. The summed E-state index contributed by atoms with van der Waals surface area (Å²) in [6.45, 7) is 0.165. The lowest BCUT2D eigenvalue weighted by Crippen LogP contribution is -2.06. The predicted molar refractivity (Wildman–Crippen MR) is 79.6 cm³/mol. The summed E-state index contributed by atoms with van der Waals surface area (Å²) in [4.78, 5) is 20.0. The molecule has 0 spiro atoms. The van der Waals surface area contributed by atoms with Crippen LogP contribution in [0.3, 0.4) is 0 Å². The molecule has 0 unspecified atom stereocenters. The van der Waals surface area contributed by atoms with Crippen molar-refractivity contribution in [2.75, 3.05) is 5.32 Å². The maximum atomic E-state index is 13.6. The molecule has 1 N–H and O–H groups in total. The van der Waals surface area contributed by atoms with Crippen LogP contribution in [-0.4, -0.2) is 24.9 Å². The first-order valence-corrected chi connectivity index (χ1v) is 6.74. The highest BCUT2D eigenvalue weighted by Gasteiger charge is 2.09. The van der Waals surface area contributed by atoms with Crippen LogP contribution in [0.5, 0.6) is 0 Å². The van der Waals surface area contributed by atoms with Crippen molar-refractivity contribution >= 4 is 17.4 Å². The van der Waals surface area contributed by atoms with Gasteiger partial charge in [0.15, 0.2) is 5.82 Å². The quantitative estimate of drug-likeness (QED) is 0.746. The third-order valence-electron chi connectivity index (χ3n) is 2.86. The summed E-state index contributed by atoms with van der Waals surface area (Å²) in [5.74, 6) is 0.373. The van der Waals surface area contributed by atoms with Crippen molar-refractivity contribution in [2.24, 2.45) is 0 Å². The number of nitrogens with one attached hydrogen (secondary N) is 1. The second-order valence-corrected chi connectivity index (χ2v) is 4.68. The Morgan fingerprint density at radius 2 is 1.91 bits per heavy atom. The van der Waals surface area contributed by atoms with Gasteiger partial charge in [-0.05, 0) is 18.2 Å². The van der Waals surface area contributed by atoms with E-state index in [1.807, 2.05) is 0 Å². The summed E-state index contributed by atoms with van der Waals surface area (Å²) in [6, 6.07) is 4.91. The molecule has 0 aliphatic carbocycles. The van der Waals surface area contributed by atoms with Crippen LogP contribution in [0.25, 0.3) is 11.5 Å². The van der Waals surface area contributed by atoms with Gasteiger partial charge in [0.2, 0.25) is 5.95 Å². The van der Waals surface area contributed by atoms with Gasteiger partial charge in [-0.3, -0.25) is 0 Å². The number of hydrogen-bond donors (Lipinski definition) is 1. The minimum absolute atomic E-state index is 0.165. The first kappa shape index (κ1) is 14.3. The van der Waals surface area contributed by atoms with Gasteiger partial charge >= 0.3 is 0 Å². The van der Waals surface area contributed by atoms with Gasteiger partial charge in [-0.15, -0.1) is 0 Å². The fourth-order valence-corrected chi connectivity index (χ4v) is 1.99. The van der Waals surface area contributed by atoms with Crippen molar-refractivity contribution in [3.05, 3.63) is 59.7 Å². The standard InChI is InChI=1S/C14H10ClFN6/c15-10-1-5-18-13(16)9(10)7-20-12-3-6-19-14(22-12)11-2-4-17-8-21-11/h1-6,8H,7H2,(H,19,20,22). The van der Waals surface area contributed by atoms with E-state index in [1.54, 1.807) is 24.5 Å². The van der Waals surface area contributed by atoms with Crippen molar-refractivity contribution in [3.8, 4) is 11.5 Å². The van der Waals surface area contributed by atoms with Crippen LogP contribution in [-0.2, 0) is 6.54 Å². The van der Waals surface area contributed by atoms with Gasteiger partial charge in [0, 0.05) is 30.7 Å². The van der Waals surface area contributed by atoms with Crippen molar-refractivity contribution in [1.82, 2.24) is 24.9 Å².